The molecule has 126 valence electrons. The van der Waals surface area contributed by atoms with E-state index < -0.39 is 0 Å². The molecule has 0 bridgehead atoms. The zero-order chi connectivity index (χ0) is 16.7. The van der Waals surface area contributed by atoms with Gasteiger partial charge in [-0.25, -0.2) is 9.97 Å². The van der Waals surface area contributed by atoms with Gasteiger partial charge in [-0.05, 0) is 25.0 Å². The summed E-state index contributed by atoms with van der Waals surface area (Å²) in [6, 6.07) is 6.49. The van der Waals surface area contributed by atoms with Gasteiger partial charge >= 0.3 is 0 Å². The van der Waals surface area contributed by atoms with E-state index in [1.54, 1.807) is 6.33 Å². The summed E-state index contributed by atoms with van der Waals surface area (Å²) in [6.45, 7) is 10.9. The third-order valence-electron chi connectivity index (χ3n) is 5.32. The lowest BCUT2D eigenvalue weighted by molar-refractivity contribution is 0.533. The number of aryl methyl sites for hydroxylation is 1. The molecular weight excluding hydrogens is 298 g/mol. The maximum atomic E-state index is 4.51. The minimum absolute atomic E-state index is 0.444. The van der Waals surface area contributed by atoms with E-state index in [4.69, 9.17) is 0 Å². The second-order valence-electron chi connectivity index (χ2n) is 7.44. The van der Waals surface area contributed by atoms with Gasteiger partial charge in [0.25, 0.3) is 0 Å². The van der Waals surface area contributed by atoms with E-state index in [1.807, 2.05) is 6.20 Å². The van der Waals surface area contributed by atoms with Crippen LogP contribution in [-0.2, 0) is 0 Å². The highest BCUT2D eigenvalue weighted by atomic mass is 15.3. The molecule has 2 aliphatic rings. The summed E-state index contributed by atoms with van der Waals surface area (Å²) >= 11 is 0. The van der Waals surface area contributed by atoms with Crippen molar-refractivity contribution < 1.29 is 0 Å². The predicted octanol–water partition coefficient (Wildman–Crippen LogP) is 2.88. The molecule has 0 saturated carbocycles. The minimum Gasteiger partial charge on any atom is -0.371 e. The van der Waals surface area contributed by atoms with Crippen molar-refractivity contribution in [1.29, 1.82) is 0 Å². The summed E-state index contributed by atoms with van der Waals surface area (Å²) < 4.78 is 0. The number of fused-ring (bicyclic) bond motifs is 1. The zero-order valence-corrected chi connectivity index (χ0v) is 14.7. The van der Waals surface area contributed by atoms with Gasteiger partial charge in [-0.1, -0.05) is 13.8 Å². The van der Waals surface area contributed by atoms with Crippen molar-refractivity contribution in [2.45, 2.75) is 26.7 Å². The smallest absolute Gasteiger partial charge is 0.132 e. The molecule has 2 atom stereocenters. The quantitative estimate of drug-likeness (QED) is 0.869. The fourth-order valence-corrected chi connectivity index (χ4v) is 3.97. The molecule has 2 aromatic heterocycles. The first-order valence-corrected chi connectivity index (χ1v) is 8.84. The Hall–Kier alpha value is -2.17. The lowest BCUT2D eigenvalue weighted by atomic mass is 10.0. The first-order chi connectivity index (χ1) is 11.6. The second-order valence-corrected chi connectivity index (χ2v) is 7.44. The van der Waals surface area contributed by atoms with E-state index in [1.165, 1.54) is 5.69 Å². The molecular formula is C19H25N5. The van der Waals surface area contributed by atoms with Crippen molar-refractivity contribution in [2.24, 2.45) is 11.8 Å². The summed E-state index contributed by atoms with van der Waals surface area (Å²) in [6.07, 6.45) is 3.63. The van der Waals surface area contributed by atoms with Crippen LogP contribution in [0.3, 0.4) is 0 Å². The van der Waals surface area contributed by atoms with Crippen LogP contribution in [0.25, 0.3) is 0 Å². The second kappa shape index (κ2) is 6.04. The number of nitrogens with zero attached hydrogens (tertiary/aromatic N) is 5. The van der Waals surface area contributed by atoms with E-state index in [2.05, 4.69) is 63.7 Å². The minimum atomic E-state index is 0.444. The van der Waals surface area contributed by atoms with Crippen LogP contribution >= 0.6 is 0 Å². The predicted molar refractivity (Wildman–Crippen MR) is 96.5 cm³/mol. The normalized spacial score (nSPS) is 23.2. The van der Waals surface area contributed by atoms with Crippen LogP contribution in [0.5, 0.6) is 0 Å². The Morgan fingerprint density at radius 3 is 2.33 bits per heavy atom. The number of hydrogen-bond donors (Lipinski definition) is 0. The highest BCUT2D eigenvalue weighted by molar-refractivity contribution is 5.49. The van der Waals surface area contributed by atoms with Gasteiger partial charge in [-0.3, -0.25) is 4.98 Å². The molecule has 24 heavy (non-hydrogen) atoms. The average molecular weight is 323 g/mol. The molecule has 0 spiro atoms. The first-order valence-electron chi connectivity index (χ1n) is 8.84. The lowest BCUT2D eigenvalue weighted by Crippen LogP contribution is -2.29. The molecule has 4 heterocycles. The summed E-state index contributed by atoms with van der Waals surface area (Å²) in [5.74, 6) is 2.97. The molecule has 2 saturated heterocycles. The average Bonchev–Trinajstić information content (AvgIpc) is 3.14. The Balaban J connectivity index is 1.45. The number of rotatable bonds is 3. The van der Waals surface area contributed by atoms with E-state index in [0.29, 0.717) is 5.92 Å². The van der Waals surface area contributed by atoms with Gasteiger partial charge in [0.2, 0.25) is 0 Å². The monoisotopic (exact) mass is 323 g/mol. The van der Waals surface area contributed by atoms with Crippen molar-refractivity contribution in [3.05, 3.63) is 42.1 Å². The fourth-order valence-electron chi connectivity index (χ4n) is 3.97. The molecule has 2 fully saturated rings. The summed E-state index contributed by atoms with van der Waals surface area (Å²) in [4.78, 5) is 18.2. The summed E-state index contributed by atoms with van der Waals surface area (Å²) in [5, 5.41) is 0. The van der Waals surface area contributed by atoms with Crippen LogP contribution in [0.15, 0.2) is 30.7 Å². The van der Waals surface area contributed by atoms with E-state index in [-0.39, 0.29) is 0 Å². The van der Waals surface area contributed by atoms with Crippen molar-refractivity contribution in [2.75, 3.05) is 36.0 Å². The first kappa shape index (κ1) is 15.4. The number of hydrogen-bond acceptors (Lipinski definition) is 5. The van der Waals surface area contributed by atoms with Crippen LogP contribution in [0.2, 0.25) is 0 Å². The highest BCUT2D eigenvalue weighted by Gasteiger charge is 2.40. The van der Waals surface area contributed by atoms with Gasteiger partial charge in [-0.15, -0.1) is 0 Å². The third-order valence-corrected chi connectivity index (χ3v) is 5.32. The third kappa shape index (κ3) is 2.83. The maximum Gasteiger partial charge on any atom is 0.132 e. The van der Waals surface area contributed by atoms with Gasteiger partial charge in [0, 0.05) is 67.4 Å². The molecule has 5 nitrogen and oxygen atoms in total. The van der Waals surface area contributed by atoms with Crippen LogP contribution in [0, 0.1) is 18.8 Å². The van der Waals surface area contributed by atoms with Gasteiger partial charge in [-0.2, -0.15) is 0 Å². The Bertz CT molecular complexity index is 715. The molecule has 2 aliphatic heterocycles. The number of pyridine rings is 1. The van der Waals surface area contributed by atoms with Crippen molar-refractivity contribution in [3.63, 3.8) is 0 Å². The molecule has 0 N–H and O–H groups in total. The molecule has 0 amide bonds. The highest BCUT2D eigenvalue weighted by Crippen LogP contribution is 2.35. The molecule has 0 aromatic carbocycles. The standard InChI is InChI=1S/C19H25N5/c1-13(2)18-7-19(22-12-21-18)24-10-15-8-23(9-16(15)11-24)17-4-5-20-14(3)6-17/h4-7,12-13,15-16H,8-11H2,1-3H3. The summed E-state index contributed by atoms with van der Waals surface area (Å²) in [7, 11) is 0. The fraction of sp³-hybridized carbons (Fsp3) is 0.526. The molecule has 2 aromatic rings. The summed E-state index contributed by atoms with van der Waals surface area (Å²) in [5.41, 5.74) is 3.53. The Labute approximate surface area is 143 Å². The molecule has 0 radical (unpaired) electrons. The van der Waals surface area contributed by atoms with Gasteiger partial charge < -0.3 is 9.80 Å². The SMILES string of the molecule is Cc1cc(N2CC3CN(c4cc(C(C)C)ncn4)CC3C2)ccn1. The largest absolute Gasteiger partial charge is 0.371 e. The van der Waals surface area contributed by atoms with Crippen LogP contribution in [-0.4, -0.2) is 41.1 Å². The molecule has 5 heteroatoms. The van der Waals surface area contributed by atoms with Gasteiger partial charge in [0.1, 0.15) is 12.1 Å². The van der Waals surface area contributed by atoms with Crippen LogP contribution in [0.1, 0.15) is 31.2 Å². The number of anilines is 2. The molecule has 0 aliphatic carbocycles. The van der Waals surface area contributed by atoms with E-state index in [9.17, 15) is 0 Å². The van der Waals surface area contributed by atoms with Gasteiger partial charge in [0.05, 0.1) is 0 Å². The number of aromatic nitrogens is 3. The lowest BCUT2D eigenvalue weighted by Gasteiger charge is -2.24. The Morgan fingerprint density at radius 2 is 1.67 bits per heavy atom. The van der Waals surface area contributed by atoms with Crippen molar-refractivity contribution in [3.8, 4) is 0 Å². The van der Waals surface area contributed by atoms with E-state index >= 15 is 0 Å². The topological polar surface area (TPSA) is 45.2 Å². The Morgan fingerprint density at radius 1 is 0.958 bits per heavy atom. The van der Waals surface area contributed by atoms with Crippen LogP contribution in [0.4, 0.5) is 11.5 Å². The van der Waals surface area contributed by atoms with Crippen LogP contribution < -0.4 is 9.80 Å². The maximum absolute atomic E-state index is 4.51. The molecule has 2 unspecified atom stereocenters. The van der Waals surface area contributed by atoms with E-state index in [0.717, 1.165) is 55.2 Å². The molecule has 4 rings (SSSR count). The van der Waals surface area contributed by atoms with Crippen molar-refractivity contribution >= 4 is 11.5 Å². The van der Waals surface area contributed by atoms with Gasteiger partial charge in [0.15, 0.2) is 0 Å². The Kier molecular flexibility index (Phi) is 3.87. The van der Waals surface area contributed by atoms with Crippen molar-refractivity contribution in [1.82, 2.24) is 15.0 Å². The zero-order valence-electron chi connectivity index (χ0n) is 14.7.